The molecular formula is C20H25N3O2. The molecule has 3 rings (SSSR count). The van der Waals surface area contributed by atoms with Gasteiger partial charge in [-0.3, -0.25) is 9.59 Å². The van der Waals surface area contributed by atoms with Crippen molar-refractivity contribution in [2.45, 2.75) is 40.5 Å². The molecule has 5 heteroatoms. The van der Waals surface area contributed by atoms with Crippen LogP contribution in [0.4, 0.5) is 11.4 Å². The first-order valence-corrected chi connectivity index (χ1v) is 8.75. The fraction of sp³-hybridized carbons (Fsp3) is 0.400. The second-order valence-electron chi connectivity index (χ2n) is 6.83. The highest BCUT2D eigenvalue weighted by molar-refractivity contribution is 6.08. The van der Waals surface area contributed by atoms with Gasteiger partial charge in [-0.1, -0.05) is 0 Å². The third-order valence-electron chi connectivity index (χ3n) is 4.95. The first-order chi connectivity index (χ1) is 11.9. The topological polar surface area (TPSA) is 65.2 Å². The van der Waals surface area contributed by atoms with E-state index in [4.69, 9.17) is 0 Å². The minimum atomic E-state index is -0.217. The van der Waals surface area contributed by atoms with E-state index in [1.165, 1.54) is 25.5 Å². The highest BCUT2D eigenvalue weighted by Crippen LogP contribution is 2.26. The normalized spacial score (nSPS) is 14.0. The Morgan fingerprint density at radius 1 is 1.12 bits per heavy atom. The summed E-state index contributed by atoms with van der Waals surface area (Å²) in [5.74, 6) is -0.249. The summed E-state index contributed by atoms with van der Waals surface area (Å²) in [6.07, 6.45) is 2.48. The summed E-state index contributed by atoms with van der Waals surface area (Å²) in [7, 11) is 0. The van der Waals surface area contributed by atoms with Crippen LogP contribution in [0.2, 0.25) is 0 Å². The number of aromatic nitrogens is 1. The molecule has 2 heterocycles. The van der Waals surface area contributed by atoms with Gasteiger partial charge in [-0.2, -0.15) is 0 Å². The van der Waals surface area contributed by atoms with E-state index in [1.807, 2.05) is 19.9 Å². The Bertz CT molecular complexity index is 830. The number of aryl methyl sites for hydroxylation is 2. The highest BCUT2D eigenvalue weighted by atomic mass is 16.2. The number of ketones is 1. The number of benzene rings is 1. The highest BCUT2D eigenvalue weighted by Gasteiger charge is 2.20. The van der Waals surface area contributed by atoms with E-state index in [9.17, 15) is 9.59 Å². The lowest BCUT2D eigenvalue weighted by atomic mass is 10.1. The zero-order chi connectivity index (χ0) is 18.1. The average molecular weight is 339 g/mol. The molecule has 0 saturated carbocycles. The van der Waals surface area contributed by atoms with Gasteiger partial charge in [0.05, 0.1) is 0 Å². The fourth-order valence-corrected chi connectivity index (χ4v) is 3.65. The van der Waals surface area contributed by atoms with Crippen LogP contribution in [0.25, 0.3) is 0 Å². The lowest BCUT2D eigenvalue weighted by Crippen LogP contribution is -2.18. The van der Waals surface area contributed by atoms with Gasteiger partial charge < -0.3 is 15.2 Å². The van der Waals surface area contributed by atoms with E-state index in [0.717, 1.165) is 30.0 Å². The van der Waals surface area contributed by atoms with E-state index >= 15 is 0 Å². The van der Waals surface area contributed by atoms with Gasteiger partial charge in [-0.25, -0.2) is 0 Å². The number of H-pyrrole nitrogens is 1. The van der Waals surface area contributed by atoms with Gasteiger partial charge in [-0.05, 0) is 69.9 Å². The molecule has 0 bridgehead atoms. The average Bonchev–Trinajstić information content (AvgIpc) is 3.17. The number of aromatic amines is 1. The van der Waals surface area contributed by atoms with E-state index in [1.54, 1.807) is 6.92 Å². The molecule has 132 valence electrons. The SMILES string of the molecule is CC(=O)c1c(C)[nH]c(C(=O)Nc2ccc(N3CCCC3)cc2C)c1C. The maximum Gasteiger partial charge on any atom is 0.272 e. The van der Waals surface area contributed by atoms with Crippen LogP contribution >= 0.6 is 0 Å². The van der Waals surface area contributed by atoms with Crippen molar-refractivity contribution in [2.24, 2.45) is 0 Å². The van der Waals surface area contributed by atoms with Crippen molar-refractivity contribution in [1.29, 1.82) is 0 Å². The van der Waals surface area contributed by atoms with Crippen LogP contribution in [0.5, 0.6) is 0 Å². The molecule has 5 nitrogen and oxygen atoms in total. The lowest BCUT2D eigenvalue weighted by Gasteiger charge is -2.19. The first kappa shape index (κ1) is 17.3. The molecule has 0 radical (unpaired) electrons. The minimum Gasteiger partial charge on any atom is -0.372 e. The van der Waals surface area contributed by atoms with Crippen LogP contribution in [0.1, 0.15) is 57.4 Å². The Balaban J connectivity index is 1.81. The molecule has 25 heavy (non-hydrogen) atoms. The summed E-state index contributed by atoms with van der Waals surface area (Å²) in [6.45, 7) is 9.34. The third-order valence-corrected chi connectivity index (χ3v) is 4.95. The molecular weight excluding hydrogens is 314 g/mol. The minimum absolute atomic E-state index is 0.0311. The standard InChI is InChI=1S/C20H25N3O2/c1-12-11-16(23-9-5-6-10-23)7-8-17(12)22-20(25)19-13(2)18(15(4)24)14(3)21-19/h7-8,11,21H,5-6,9-10H2,1-4H3,(H,22,25). The van der Waals surface area contributed by atoms with Gasteiger partial charge in [0, 0.05) is 35.7 Å². The monoisotopic (exact) mass is 339 g/mol. The van der Waals surface area contributed by atoms with Crippen LogP contribution in [0.15, 0.2) is 18.2 Å². The van der Waals surface area contributed by atoms with Gasteiger partial charge in [0.25, 0.3) is 5.91 Å². The number of nitrogens with zero attached hydrogens (tertiary/aromatic N) is 1. The van der Waals surface area contributed by atoms with Crippen molar-refractivity contribution in [3.8, 4) is 0 Å². The molecule has 0 spiro atoms. The molecule has 0 unspecified atom stereocenters. The van der Waals surface area contributed by atoms with Crippen molar-refractivity contribution in [1.82, 2.24) is 4.98 Å². The molecule has 2 N–H and O–H groups in total. The molecule has 1 fully saturated rings. The summed E-state index contributed by atoms with van der Waals surface area (Å²) in [6, 6.07) is 6.13. The van der Waals surface area contributed by atoms with E-state index in [0.29, 0.717) is 16.8 Å². The maximum absolute atomic E-state index is 12.7. The maximum atomic E-state index is 12.7. The van der Waals surface area contributed by atoms with Gasteiger partial charge in [-0.15, -0.1) is 0 Å². The van der Waals surface area contributed by atoms with Gasteiger partial charge in [0.15, 0.2) is 5.78 Å². The van der Waals surface area contributed by atoms with Gasteiger partial charge >= 0.3 is 0 Å². The summed E-state index contributed by atoms with van der Waals surface area (Å²) >= 11 is 0. The van der Waals surface area contributed by atoms with Crippen LogP contribution < -0.4 is 10.2 Å². The van der Waals surface area contributed by atoms with Crippen LogP contribution in [0, 0.1) is 20.8 Å². The van der Waals surface area contributed by atoms with Crippen molar-refractivity contribution in [3.05, 3.63) is 46.3 Å². The van der Waals surface area contributed by atoms with Crippen molar-refractivity contribution >= 4 is 23.1 Å². The molecule has 2 aromatic rings. The quantitative estimate of drug-likeness (QED) is 0.828. The Morgan fingerprint density at radius 2 is 1.80 bits per heavy atom. The third kappa shape index (κ3) is 3.31. The largest absolute Gasteiger partial charge is 0.372 e. The predicted octanol–water partition coefficient (Wildman–Crippen LogP) is 4.00. The molecule has 1 aromatic carbocycles. The second kappa shape index (κ2) is 6.75. The number of carbonyl (C=O) groups is 2. The number of hydrogen-bond donors (Lipinski definition) is 2. The fourth-order valence-electron chi connectivity index (χ4n) is 3.65. The molecule has 0 aliphatic carbocycles. The number of Topliss-reactive ketones (excluding diaryl/α,β-unsaturated/α-hetero) is 1. The zero-order valence-corrected chi connectivity index (χ0v) is 15.3. The summed E-state index contributed by atoms with van der Waals surface area (Å²) < 4.78 is 0. The van der Waals surface area contributed by atoms with Crippen molar-refractivity contribution in [2.75, 3.05) is 23.3 Å². The Labute approximate surface area is 148 Å². The molecule has 1 amide bonds. The van der Waals surface area contributed by atoms with Gasteiger partial charge in [0.1, 0.15) is 5.69 Å². The molecule has 1 saturated heterocycles. The van der Waals surface area contributed by atoms with E-state index in [-0.39, 0.29) is 11.7 Å². The molecule has 1 aromatic heterocycles. The number of carbonyl (C=O) groups excluding carboxylic acids is 2. The summed E-state index contributed by atoms with van der Waals surface area (Å²) in [5.41, 5.74) is 5.52. The van der Waals surface area contributed by atoms with Crippen molar-refractivity contribution < 1.29 is 9.59 Å². The summed E-state index contributed by atoms with van der Waals surface area (Å²) in [5, 5.41) is 2.96. The van der Waals surface area contributed by atoms with Crippen molar-refractivity contribution in [3.63, 3.8) is 0 Å². The zero-order valence-electron chi connectivity index (χ0n) is 15.3. The number of rotatable bonds is 4. The van der Waals surface area contributed by atoms with Crippen LogP contribution in [-0.2, 0) is 0 Å². The number of anilines is 2. The predicted molar refractivity (Wildman–Crippen MR) is 101 cm³/mol. The molecule has 1 aliphatic rings. The van der Waals surface area contributed by atoms with Crippen LogP contribution in [0.3, 0.4) is 0 Å². The Kier molecular flexibility index (Phi) is 4.66. The number of hydrogen-bond acceptors (Lipinski definition) is 3. The van der Waals surface area contributed by atoms with E-state index < -0.39 is 0 Å². The second-order valence-corrected chi connectivity index (χ2v) is 6.83. The molecule has 1 aliphatic heterocycles. The van der Waals surface area contributed by atoms with Crippen LogP contribution in [-0.4, -0.2) is 29.8 Å². The first-order valence-electron chi connectivity index (χ1n) is 8.75. The Hall–Kier alpha value is -2.56. The lowest BCUT2D eigenvalue weighted by molar-refractivity contribution is 0.101. The van der Waals surface area contributed by atoms with E-state index in [2.05, 4.69) is 27.3 Å². The Morgan fingerprint density at radius 3 is 2.36 bits per heavy atom. The van der Waals surface area contributed by atoms with Gasteiger partial charge in [0.2, 0.25) is 0 Å². The number of amides is 1. The number of nitrogens with one attached hydrogen (secondary N) is 2. The smallest absolute Gasteiger partial charge is 0.272 e. The summed E-state index contributed by atoms with van der Waals surface area (Å²) in [4.78, 5) is 29.8. The molecule has 0 atom stereocenters.